The van der Waals surface area contributed by atoms with E-state index < -0.39 is 0 Å². The van der Waals surface area contributed by atoms with Gasteiger partial charge < -0.3 is 5.32 Å². The molecule has 5 heteroatoms. The van der Waals surface area contributed by atoms with E-state index in [4.69, 9.17) is 4.98 Å². The van der Waals surface area contributed by atoms with Gasteiger partial charge in [-0.25, -0.2) is 4.98 Å². The van der Waals surface area contributed by atoms with Gasteiger partial charge >= 0.3 is 0 Å². The Morgan fingerprint density at radius 3 is 2.72 bits per heavy atom. The van der Waals surface area contributed by atoms with E-state index in [1.54, 1.807) is 22.7 Å². The summed E-state index contributed by atoms with van der Waals surface area (Å²) in [6, 6.07) is 0.908. The third-order valence-corrected chi connectivity index (χ3v) is 4.86. The molecule has 1 unspecified atom stereocenters. The van der Waals surface area contributed by atoms with E-state index >= 15 is 0 Å². The first-order chi connectivity index (χ1) is 8.74. The van der Waals surface area contributed by atoms with Crippen molar-refractivity contribution >= 4 is 22.7 Å². The Morgan fingerprint density at radius 1 is 1.33 bits per heavy atom. The molecule has 0 spiro atoms. The Kier molecular flexibility index (Phi) is 3.46. The highest BCUT2D eigenvalue weighted by molar-refractivity contribution is 7.11. The van der Waals surface area contributed by atoms with Crippen LogP contribution in [0.25, 0.3) is 0 Å². The van der Waals surface area contributed by atoms with Crippen LogP contribution in [0.1, 0.15) is 54.2 Å². The summed E-state index contributed by atoms with van der Waals surface area (Å²) in [5.74, 6) is 0.498. The fraction of sp³-hybridized carbons (Fsp3) is 0.538. The summed E-state index contributed by atoms with van der Waals surface area (Å²) in [5, 5.41) is 7.04. The zero-order chi connectivity index (χ0) is 12.5. The zero-order valence-electron chi connectivity index (χ0n) is 10.6. The van der Waals surface area contributed by atoms with Gasteiger partial charge in [-0.05, 0) is 18.8 Å². The van der Waals surface area contributed by atoms with Crippen molar-refractivity contribution in [3.63, 3.8) is 0 Å². The van der Waals surface area contributed by atoms with Gasteiger partial charge in [0.05, 0.1) is 17.2 Å². The standard InChI is InChI=1S/C13H17N3S2/c1-8(2)10-6-17-13(16-10)12(15-9-3-4-9)11-5-14-7-18-11/h5-9,12,15H,3-4H2,1-2H3. The molecular weight excluding hydrogens is 262 g/mol. The Labute approximate surface area is 115 Å². The molecule has 1 aliphatic rings. The molecule has 1 N–H and O–H groups in total. The van der Waals surface area contributed by atoms with Crippen LogP contribution in [-0.2, 0) is 0 Å². The maximum atomic E-state index is 4.78. The molecule has 1 fully saturated rings. The minimum atomic E-state index is 0.238. The predicted molar refractivity (Wildman–Crippen MR) is 76.3 cm³/mol. The lowest BCUT2D eigenvalue weighted by atomic mass is 10.2. The highest BCUT2D eigenvalue weighted by Crippen LogP contribution is 2.32. The van der Waals surface area contributed by atoms with Crippen LogP contribution in [0.2, 0.25) is 0 Å². The molecule has 0 bridgehead atoms. The van der Waals surface area contributed by atoms with Gasteiger partial charge in [0.15, 0.2) is 0 Å². The van der Waals surface area contributed by atoms with Crippen LogP contribution in [0, 0.1) is 0 Å². The second kappa shape index (κ2) is 5.07. The highest BCUT2D eigenvalue weighted by atomic mass is 32.1. The molecule has 1 aliphatic carbocycles. The molecule has 1 saturated carbocycles. The number of hydrogen-bond donors (Lipinski definition) is 1. The van der Waals surface area contributed by atoms with Crippen molar-refractivity contribution in [1.82, 2.24) is 15.3 Å². The van der Waals surface area contributed by atoms with Gasteiger partial charge in [0.1, 0.15) is 5.01 Å². The first-order valence-corrected chi connectivity index (χ1v) is 8.09. The number of rotatable bonds is 5. The summed E-state index contributed by atoms with van der Waals surface area (Å²) in [7, 11) is 0. The fourth-order valence-electron chi connectivity index (χ4n) is 1.83. The molecule has 1 atom stereocenters. The van der Waals surface area contributed by atoms with Crippen molar-refractivity contribution < 1.29 is 0 Å². The highest BCUT2D eigenvalue weighted by Gasteiger charge is 2.28. The molecule has 0 saturated heterocycles. The van der Waals surface area contributed by atoms with Crippen molar-refractivity contribution in [3.8, 4) is 0 Å². The van der Waals surface area contributed by atoms with E-state index in [9.17, 15) is 0 Å². The number of nitrogens with zero attached hydrogens (tertiary/aromatic N) is 2. The van der Waals surface area contributed by atoms with E-state index in [1.807, 2.05) is 11.7 Å². The molecular formula is C13H17N3S2. The first-order valence-electron chi connectivity index (χ1n) is 6.34. The van der Waals surface area contributed by atoms with Crippen LogP contribution in [0.4, 0.5) is 0 Å². The van der Waals surface area contributed by atoms with E-state index in [0.717, 1.165) is 0 Å². The summed E-state index contributed by atoms with van der Waals surface area (Å²) in [4.78, 5) is 10.2. The first kappa shape index (κ1) is 12.3. The number of thiazole rings is 2. The summed E-state index contributed by atoms with van der Waals surface area (Å²) in [6.07, 6.45) is 4.54. The minimum Gasteiger partial charge on any atom is -0.301 e. The second-order valence-corrected chi connectivity index (χ2v) is 6.85. The van der Waals surface area contributed by atoms with Crippen molar-refractivity contribution in [1.29, 1.82) is 0 Å². The molecule has 0 aliphatic heterocycles. The van der Waals surface area contributed by atoms with Gasteiger partial charge in [-0.3, -0.25) is 4.98 Å². The predicted octanol–water partition coefficient (Wildman–Crippen LogP) is 3.56. The molecule has 2 aromatic heterocycles. The van der Waals surface area contributed by atoms with Gasteiger partial charge in [0, 0.05) is 22.5 Å². The van der Waals surface area contributed by atoms with Crippen LogP contribution in [0.15, 0.2) is 17.1 Å². The lowest BCUT2D eigenvalue weighted by Crippen LogP contribution is -2.23. The quantitative estimate of drug-likeness (QED) is 0.909. The summed E-state index contributed by atoms with van der Waals surface area (Å²) >= 11 is 3.47. The maximum Gasteiger partial charge on any atom is 0.115 e. The van der Waals surface area contributed by atoms with Crippen molar-refractivity contribution in [2.75, 3.05) is 0 Å². The number of nitrogens with one attached hydrogen (secondary N) is 1. The summed E-state index contributed by atoms with van der Waals surface area (Å²) in [6.45, 7) is 4.38. The second-order valence-electron chi connectivity index (χ2n) is 5.04. The third-order valence-electron chi connectivity index (χ3n) is 3.09. The summed E-state index contributed by atoms with van der Waals surface area (Å²) < 4.78 is 0. The molecule has 0 amide bonds. The van der Waals surface area contributed by atoms with Gasteiger partial charge in [0.2, 0.25) is 0 Å². The van der Waals surface area contributed by atoms with E-state index in [-0.39, 0.29) is 6.04 Å². The maximum absolute atomic E-state index is 4.78. The molecule has 96 valence electrons. The SMILES string of the molecule is CC(C)c1csc(C(NC2CC2)c2cncs2)n1. The number of aromatic nitrogens is 2. The monoisotopic (exact) mass is 279 g/mol. The largest absolute Gasteiger partial charge is 0.301 e. The average Bonchev–Trinajstić information content (AvgIpc) is 2.87. The van der Waals surface area contributed by atoms with E-state index in [0.29, 0.717) is 12.0 Å². The van der Waals surface area contributed by atoms with E-state index in [1.165, 1.54) is 28.4 Å². The third kappa shape index (κ3) is 2.63. The Hall–Kier alpha value is -0.780. The average molecular weight is 279 g/mol. The smallest absolute Gasteiger partial charge is 0.115 e. The lowest BCUT2D eigenvalue weighted by Gasteiger charge is -2.13. The fourth-order valence-corrected chi connectivity index (χ4v) is 3.64. The molecule has 2 heterocycles. The van der Waals surface area contributed by atoms with Crippen molar-refractivity contribution in [3.05, 3.63) is 32.7 Å². The van der Waals surface area contributed by atoms with Crippen LogP contribution in [0.3, 0.4) is 0 Å². The Morgan fingerprint density at radius 2 is 2.17 bits per heavy atom. The Bertz CT molecular complexity index is 500. The molecule has 0 aromatic carbocycles. The van der Waals surface area contributed by atoms with Crippen LogP contribution >= 0.6 is 22.7 Å². The van der Waals surface area contributed by atoms with Gasteiger partial charge in [-0.2, -0.15) is 0 Å². The van der Waals surface area contributed by atoms with Gasteiger partial charge in [-0.1, -0.05) is 13.8 Å². The Balaban J connectivity index is 1.86. The van der Waals surface area contributed by atoms with Crippen LogP contribution < -0.4 is 5.32 Å². The van der Waals surface area contributed by atoms with E-state index in [2.05, 4.69) is 29.5 Å². The molecule has 3 nitrogen and oxygen atoms in total. The molecule has 0 radical (unpaired) electrons. The molecule has 3 rings (SSSR count). The normalized spacial score (nSPS) is 17.3. The van der Waals surface area contributed by atoms with Crippen molar-refractivity contribution in [2.45, 2.75) is 44.7 Å². The number of hydrogen-bond acceptors (Lipinski definition) is 5. The van der Waals surface area contributed by atoms with Crippen LogP contribution in [0.5, 0.6) is 0 Å². The van der Waals surface area contributed by atoms with Crippen LogP contribution in [-0.4, -0.2) is 16.0 Å². The minimum absolute atomic E-state index is 0.238. The van der Waals surface area contributed by atoms with Gasteiger partial charge in [0.25, 0.3) is 0 Å². The zero-order valence-corrected chi connectivity index (χ0v) is 12.2. The lowest BCUT2D eigenvalue weighted by molar-refractivity contribution is 0.602. The topological polar surface area (TPSA) is 37.8 Å². The summed E-state index contributed by atoms with van der Waals surface area (Å²) in [5.41, 5.74) is 3.09. The van der Waals surface area contributed by atoms with Crippen molar-refractivity contribution in [2.24, 2.45) is 0 Å². The van der Waals surface area contributed by atoms with Gasteiger partial charge in [-0.15, -0.1) is 22.7 Å². The molecule has 18 heavy (non-hydrogen) atoms. The molecule has 2 aromatic rings.